The standard InChI is InChI=1S/C11H14N2O3/c14-10(12-9-7-16-8-9)4-6-13-5-2-1-3-11(13)15/h1-3,5,9H,4,6-8H2,(H,12,14). The molecule has 1 aliphatic rings. The molecule has 1 amide bonds. The van der Waals surface area contributed by atoms with Gasteiger partial charge in [0.05, 0.1) is 19.3 Å². The number of aryl methyl sites for hydroxylation is 1. The fraction of sp³-hybridized carbons (Fsp3) is 0.455. The number of rotatable bonds is 4. The Hall–Kier alpha value is -1.62. The Balaban J connectivity index is 1.80. The summed E-state index contributed by atoms with van der Waals surface area (Å²) in [5.41, 5.74) is -0.0812. The first kappa shape index (κ1) is 10.9. The maximum absolute atomic E-state index is 11.4. The van der Waals surface area contributed by atoms with Crippen molar-refractivity contribution in [1.29, 1.82) is 0 Å². The van der Waals surface area contributed by atoms with E-state index in [2.05, 4.69) is 5.32 Å². The van der Waals surface area contributed by atoms with Crippen LogP contribution in [0.4, 0.5) is 0 Å². The molecule has 0 aliphatic carbocycles. The quantitative estimate of drug-likeness (QED) is 0.764. The van der Waals surface area contributed by atoms with Crippen molar-refractivity contribution in [1.82, 2.24) is 9.88 Å². The highest BCUT2D eigenvalue weighted by Gasteiger charge is 2.19. The van der Waals surface area contributed by atoms with E-state index in [1.807, 2.05) is 0 Å². The van der Waals surface area contributed by atoms with Gasteiger partial charge in [0, 0.05) is 25.2 Å². The molecule has 5 nitrogen and oxygen atoms in total. The molecule has 0 bridgehead atoms. The maximum Gasteiger partial charge on any atom is 0.250 e. The summed E-state index contributed by atoms with van der Waals surface area (Å²) in [6.07, 6.45) is 2.00. The highest BCUT2D eigenvalue weighted by molar-refractivity contribution is 5.76. The first-order valence-corrected chi connectivity index (χ1v) is 5.28. The van der Waals surface area contributed by atoms with Crippen LogP contribution in [0.15, 0.2) is 29.2 Å². The summed E-state index contributed by atoms with van der Waals surface area (Å²) in [6.45, 7) is 1.60. The van der Waals surface area contributed by atoms with Crippen LogP contribution >= 0.6 is 0 Å². The Morgan fingerprint density at radius 3 is 2.94 bits per heavy atom. The Kier molecular flexibility index (Phi) is 3.36. The molecule has 1 saturated heterocycles. The Morgan fingerprint density at radius 2 is 2.31 bits per heavy atom. The molecule has 0 atom stereocenters. The van der Waals surface area contributed by atoms with Gasteiger partial charge >= 0.3 is 0 Å². The molecule has 0 unspecified atom stereocenters. The van der Waals surface area contributed by atoms with Crippen molar-refractivity contribution < 1.29 is 9.53 Å². The summed E-state index contributed by atoms with van der Waals surface area (Å²) in [5.74, 6) is -0.0379. The van der Waals surface area contributed by atoms with E-state index in [1.54, 1.807) is 18.3 Å². The van der Waals surface area contributed by atoms with E-state index in [1.165, 1.54) is 10.6 Å². The van der Waals surface area contributed by atoms with Gasteiger partial charge in [0.15, 0.2) is 0 Å². The number of nitrogens with zero attached hydrogens (tertiary/aromatic N) is 1. The zero-order valence-electron chi connectivity index (χ0n) is 8.89. The van der Waals surface area contributed by atoms with Crippen LogP contribution in [0.5, 0.6) is 0 Å². The summed E-state index contributed by atoms with van der Waals surface area (Å²) in [6, 6.07) is 5.10. The lowest BCUT2D eigenvalue weighted by Crippen LogP contribution is -2.48. The van der Waals surface area contributed by atoms with E-state index in [-0.39, 0.29) is 17.5 Å². The third-order valence-corrected chi connectivity index (χ3v) is 2.48. The fourth-order valence-electron chi connectivity index (χ4n) is 1.49. The van der Waals surface area contributed by atoms with Gasteiger partial charge in [0.25, 0.3) is 5.56 Å². The Labute approximate surface area is 93.0 Å². The molecule has 1 aromatic rings. The smallest absolute Gasteiger partial charge is 0.250 e. The van der Waals surface area contributed by atoms with Crippen molar-refractivity contribution in [2.45, 2.75) is 19.0 Å². The number of aromatic nitrogens is 1. The number of carbonyl (C=O) groups is 1. The van der Waals surface area contributed by atoms with Gasteiger partial charge in [0.1, 0.15) is 0 Å². The third-order valence-electron chi connectivity index (χ3n) is 2.48. The van der Waals surface area contributed by atoms with Crippen molar-refractivity contribution in [3.63, 3.8) is 0 Å². The van der Waals surface area contributed by atoms with E-state index in [0.717, 1.165) is 0 Å². The summed E-state index contributed by atoms with van der Waals surface area (Å²) in [4.78, 5) is 22.8. The van der Waals surface area contributed by atoms with Crippen LogP contribution in [0.1, 0.15) is 6.42 Å². The molecule has 1 fully saturated rings. The van der Waals surface area contributed by atoms with Gasteiger partial charge in [-0.15, -0.1) is 0 Å². The molecular weight excluding hydrogens is 208 g/mol. The maximum atomic E-state index is 11.4. The molecule has 86 valence electrons. The second kappa shape index (κ2) is 4.94. The van der Waals surface area contributed by atoms with E-state index >= 15 is 0 Å². The topological polar surface area (TPSA) is 60.3 Å². The normalized spacial score (nSPS) is 15.5. The molecule has 1 aromatic heterocycles. The largest absolute Gasteiger partial charge is 0.377 e. The monoisotopic (exact) mass is 222 g/mol. The van der Waals surface area contributed by atoms with Crippen molar-refractivity contribution in [2.75, 3.05) is 13.2 Å². The molecule has 2 heterocycles. The van der Waals surface area contributed by atoms with Gasteiger partial charge in [-0.25, -0.2) is 0 Å². The summed E-state index contributed by atoms with van der Waals surface area (Å²) in [5, 5.41) is 2.83. The van der Waals surface area contributed by atoms with Gasteiger partial charge in [0.2, 0.25) is 5.91 Å². The highest BCUT2D eigenvalue weighted by Crippen LogP contribution is 2.00. The second-order valence-electron chi connectivity index (χ2n) is 3.78. The fourth-order valence-corrected chi connectivity index (χ4v) is 1.49. The molecule has 5 heteroatoms. The SMILES string of the molecule is O=C(CCn1ccccc1=O)NC1COC1. The Morgan fingerprint density at radius 1 is 1.50 bits per heavy atom. The number of hydrogen-bond acceptors (Lipinski definition) is 3. The number of nitrogens with one attached hydrogen (secondary N) is 1. The van der Waals surface area contributed by atoms with Crippen LogP contribution in [0.2, 0.25) is 0 Å². The first-order valence-electron chi connectivity index (χ1n) is 5.28. The molecule has 16 heavy (non-hydrogen) atoms. The number of hydrogen-bond donors (Lipinski definition) is 1. The molecule has 1 N–H and O–H groups in total. The lowest BCUT2D eigenvalue weighted by molar-refractivity contribution is -0.125. The average molecular weight is 222 g/mol. The predicted octanol–water partition coefficient (Wildman–Crippen LogP) is -0.247. The number of ether oxygens (including phenoxy) is 1. The van der Waals surface area contributed by atoms with E-state index in [0.29, 0.717) is 26.2 Å². The summed E-state index contributed by atoms with van der Waals surface area (Å²) >= 11 is 0. The number of carbonyl (C=O) groups excluding carboxylic acids is 1. The second-order valence-corrected chi connectivity index (χ2v) is 3.78. The highest BCUT2D eigenvalue weighted by atomic mass is 16.5. The minimum atomic E-state index is -0.0812. The lowest BCUT2D eigenvalue weighted by atomic mass is 10.2. The van der Waals surface area contributed by atoms with Crippen LogP contribution in [-0.4, -0.2) is 29.7 Å². The van der Waals surface area contributed by atoms with Gasteiger partial charge in [-0.05, 0) is 6.07 Å². The molecule has 0 radical (unpaired) electrons. The Bertz CT molecular complexity index is 423. The van der Waals surface area contributed by atoms with Crippen LogP contribution in [0, 0.1) is 0 Å². The molecular formula is C11H14N2O3. The minimum absolute atomic E-state index is 0.0379. The van der Waals surface area contributed by atoms with Gasteiger partial charge < -0.3 is 14.6 Å². The molecule has 0 spiro atoms. The zero-order chi connectivity index (χ0) is 11.4. The molecule has 2 rings (SSSR count). The number of amides is 1. The minimum Gasteiger partial charge on any atom is -0.377 e. The van der Waals surface area contributed by atoms with E-state index < -0.39 is 0 Å². The third kappa shape index (κ3) is 2.70. The van der Waals surface area contributed by atoms with Crippen LogP contribution < -0.4 is 10.9 Å². The van der Waals surface area contributed by atoms with E-state index in [4.69, 9.17) is 4.74 Å². The molecule has 0 saturated carbocycles. The summed E-state index contributed by atoms with van der Waals surface area (Å²) in [7, 11) is 0. The molecule has 1 aliphatic heterocycles. The zero-order valence-corrected chi connectivity index (χ0v) is 8.89. The summed E-state index contributed by atoms with van der Waals surface area (Å²) < 4.78 is 6.47. The van der Waals surface area contributed by atoms with Crippen LogP contribution in [0.3, 0.4) is 0 Å². The van der Waals surface area contributed by atoms with E-state index in [9.17, 15) is 9.59 Å². The van der Waals surface area contributed by atoms with Crippen LogP contribution in [0.25, 0.3) is 0 Å². The van der Waals surface area contributed by atoms with Crippen molar-refractivity contribution in [3.05, 3.63) is 34.7 Å². The first-order chi connectivity index (χ1) is 7.75. The lowest BCUT2D eigenvalue weighted by Gasteiger charge is -2.26. The average Bonchev–Trinajstić information content (AvgIpc) is 2.22. The van der Waals surface area contributed by atoms with Gasteiger partial charge in [-0.2, -0.15) is 0 Å². The van der Waals surface area contributed by atoms with Crippen molar-refractivity contribution >= 4 is 5.91 Å². The predicted molar refractivity (Wildman–Crippen MR) is 58.1 cm³/mol. The van der Waals surface area contributed by atoms with Gasteiger partial charge in [-0.1, -0.05) is 6.07 Å². The van der Waals surface area contributed by atoms with Gasteiger partial charge in [-0.3, -0.25) is 9.59 Å². The molecule has 0 aromatic carbocycles. The van der Waals surface area contributed by atoms with Crippen molar-refractivity contribution in [3.8, 4) is 0 Å². The van der Waals surface area contributed by atoms with Crippen LogP contribution in [-0.2, 0) is 16.1 Å². The number of pyridine rings is 1. The van der Waals surface area contributed by atoms with Crippen molar-refractivity contribution in [2.24, 2.45) is 0 Å².